The Hall–Kier alpha value is -1.81. The van der Waals surface area contributed by atoms with Crippen molar-refractivity contribution in [3.05, 3.63) is 46.2 Å². The van der Waals surface area contributed by atoms with Crippen molar-refractivity contribution in [2.24, 2.45) is 0 Å². The number of benzene rings is 1. The number of rotatable bonds is 5. The highest BCUT2D eigenvalue weighted by Crippen LogP contribution is 2.27. The van der Waals surface area contributed by atoms with Gasteiger partial charge in [-0.15, -0.1) is 11.3 Å². The first kappa shape index (κ1) is 14.6. The van der Waals surface area contributed by atoms with Gasteiger partial charge in [0.15, 0.2) is 0 Å². The molecular weight excluding hydrogens is 268 g/mol. The zero-order valence-corrected chi connectivity index (χ0v) is 12.9. The molecule has 0 bridgehead atoms. The van der Waals surface area contributed by atoms with Gasteiger partial charge in [0.1, 0.15) is 0 Å². The summed E-state index contributed by atoms with van der Waals surface area (Å²) < 4.78 is 0. The van der Waals surface area contributed by atoms with Crippen LogP contribution in [0.15, 0.2) is 35.7 Å². The van der Waals surface area contributed by atoms with Crippen LogP contribution in [0.25, 0.3) is 0 Å². The summed E-state index contributed by atoms with van der Waals surface area (Å²) in [5.74, 6) is 0.0355. The Balaban J connectivity index is 2.00. The predicted molar refractivity (Wildman–Crippen MR) is 86.5 cm³/mol. The van der Waals surface area contributed by atoms with Crippen molar-refractivity contribution in [1.29, 1.82) is 0 Å². The van der Waals surface area contributed by atoms with Crippen LogP contribution in [0.1, 0.15) is 36.8 Å². The van der Waals surface area contributed by atoms with E-state index in [0.717, 1.165) is 11.4 Å². The number of carbonyl (C=O) groups excluding carboxylic acids is 1. The number of carbonyl (C=O) groups is 1. The van der Waals surface area contributed by atoms with Gasteiger partial charge in [-0.3, -0.25) is 4.79 Å². The summed E-state index contributed by atoms with van der Waals surface area (Å²) in [6.07, 6.45) is 0.495. The van der Waals surface area contributed by atoms with Gasteiger partial charge in [-0.2, -0.15) is 0 Å². The van der Waals surface area contributed by atoms with Crippen molar-refractivity contribution in [2.45, 2.75) is 33.2 Å². The van der Waals surface area contributed by atoms with E-state index in [4.69, 9.17) is 0 Å². The van der Waals surface area contributed by atoms with Crippen LogP contribution in [-0.2, 0) is 4.79 Å². The number of anilines is 2. The smallest absolute Gasteiger partial charge is 0.224 e. The SMILES string of the molecule is CCC(=O)Nc1ccc(NC(C)c2sccc2C)cc1. The molecule has 0 saturated carbocycles. The summed E-state index contributed by atoms with van der Waals surface area (Å²) in [4.78, 5) is 12.7. The Morgan fingerprint density at radius 2 is 1.85 bits per heavy atom. The summed E-state index contributed by atoms with van der Waals surface area (Å²) in [6, 6.07) is 10.2. The number of amides is 1. The van der Waals surface area contributed by atoms with Gasteiger partial charge in [-0.1, -0.05) is 6.92 Å². The molecule has 1 aromatic carbocycles. The minimum atomic E-state index is 0.0355. The molecular formula is C16H20N2OS. The van der Waals surface area contributed by atoms with Crippen molar-refractivity contribution in [1.82, 2.24) is 0 Å². The van der Waals surface area contributed by atoms with Crippen LogP contribution in [-0.4, -0.2) is 5.91 Å². The van der Waals surface area contributed by atoms with Crippen molar-refractivity contribution in [3.63, 3.8) is 0 Å². The fourth-order valence-corrected chi connectivity index (χ4v) is 2.98. The van der Waals surface area contributed by atoms with Crippen molar-refractivity contribution >= 4 is 28.6 Å². The standard InChI is InChI=1S/C16H20N2OS/c1-4-15(19)18-14-7-5-13(6-8-14)17-12(3)16-11(2)9-10-20-16/h5-10,12,17H,4H2,1-3H3,(H,18,19). The lowest BCUT2D eigenvalue weighted by Gasteiger charge is -2.15. The highest BCUT2D eigenvalue weighted by atomic mass is 32.1. The quantitative estimate of drug-likeness (QED) is 0.845. The minimum absolute atomic E-state index is 0.0355. The Kier molecular flexibility index (Phi) is 4.79. The molecule has 0 saturated heterocycles. The van der Waals surface area contributed by atoms with E-state index in [-0.39, 0.29) is 11.9 Å². The molecule has 1 unspecified atom stereocenters. The van der Waals surface area contributed by atoms with Gasteiger partial charge >= 0.3 is 0 Å². The maximum atomic E-state index is 11.3. The summed E-state index contributed by atoms with van der Waals surface area (Å²) in [5.41, 5.74) is 3.21. The van der Waals surface area contributed by atoms with Crippen LogP contribution >= 0.6 is 11.3 Å². The summed E-state index contributed by atoms with van der Waals surface area (Å²) in [5, 5.41) is 8.44. The molecule has 20 heavy (non-hydrogen) atoms. The Morgan fingerprint density at radius 1 is 1.20 bits per heavy atom. The fourth-order valence-electron chi connectivity index (χ4n) is 2.04. The van der Waals surface area contributed by atoms with E-state index in [0.29, 0.717) is 6.42 Å². The van der Waals surface area contributed by atoms with E-state index in [2.05, 4.69) is 35.9 Å². The van der Waals surface area contributed by atoms with E-state index >= 15 is 0 Å². The molecule has 2 rings (SSSR count). The topological polar surface area (TPSA) is 41.1 Å². The van der Waals surface area contributed by atoms with Crippen molar-refractivity contribution in [3.8, 4) is 0 Å². The van der Waals surface area contributed by atoms with E-state index in [1.807, 2.05) is 31.2 Å². The van der Waals surface area contributed by atoms with Gasteiger partial charge in [0.2, 0.25) is 5.91 Å². The van der Waals surface area contributed by atoms with Crippen LogP contribution in [0, 0.1) is 6.92 Å². The molecule has 0 spiro atoms. The molecule has 0 radical (unpaired) electrons. The Bertz CT molecular complexity index is 574. The second kappa shape index (κ2) is 6.57. The third-order valence-corrected chi connectivity index (χ3v) is 4.37. The molecule has 0 aliphatic heterocycles. The average Bonchev–Trinajstić information content (AvgIpc) is 2.87. The van der Waals surface area contributed by atoms with Crippen molar-refractivity contribution < 1.29 is 4.79 Å². The first-order valence-corrected chi connectivity index (χ1v) is 7.68. The monoisotopic (exact) mass is 288 g/mol. The molecule has 4 heteroatoms. The van der Waals surface area contributed by atoms with Crippen molar-refractivity contribution in [2.75, 3.05) is 10.6 Å². The van der Waals surface area contributed by atoms with Gasteiger partial charge in [0.05, 0.1) is 6.04 Å². The molecule has 0 aliphatic rings. The van der Waals surface area contributed by atoms with E-state index in [9.17, 15) is 4.79 Å². The maximum absolute atomic E-state index is 11.3. The third-order valence-electron chi connectivity index (χ3n) is 3.17. The van der Waals surface area contributed by atoms with Crippen LogP contribution in [0.4, 0.5) is 11.4 Å². The van der Waals surface area contributed by atoms with E-state index < -0.39 is 0 Å². The molecule has 1 atom stereocenters. The number of hydrogen-bond acceptors (Lipinski definition) is 3. The molecule has 1 heterocycles. The Morgan fingerprint density at radius 3 is 2.40 bits per heavy atom. The average molecular weight is 288 g/mol. The second-order valence-electron chi connectivity index (χ2n) is 4.81. The molecule has 1 amide bonds. The maximum Gasteiger partial charge on any atom is 0.224 e. The highest BCUT2D eigenvalue weighted by molar-refractivity contribution is 7.10. The third kappa shape index (κ3) is 3.61. The number of nitrogens with one attached hydrogen (secondary N) is 2. The highest BCUT2D eigenvalue weighted by Gasteiger charge is 2.09. The largest absolute Gasteiger partial charge is 0.378 e. The lowest BCUT2D eigenvalue weighted by atomic mass is 10.2. The molecule has 3 nitrogen and oxygen atoms in total. The number of thiophene rings is 1. The molecule has 106 valence electrons. The molecule has 0 aliphatic carbocycles. The number of hydrogen-bond donors (Lipinski definition) is 2. The first-order chi connectivity index (χ1) is 9.60. The molecule has 0 fully saturated rings. The van der Waals surface area contributed by atoms with Crippen LogP contribution in [0.2, 0.25) is 0 Å². The molecule has 2 N–H and O–H groups in total. The van der Waals surface area contributed by atoms with Crippen LogP contribution < -0.4 is 10.6 Å². The van der Waals surface area contributed by atoms with Crippen LogP contribution in [0.5, 0.6) is 0 Å². The normalized spacial score (nSPS) is 11.9. The molecule has 2 aromatic rings. The van der Waals surface area contributed by atoms with Gasteiger partial charge in [0.25, 0.3) is 0 Å². The van der Waals surface area contributed by atoms with Gasteiger partial charge < -0.3 is 10.6 Å². The van der Waals surface area contributed by atoms with E-state index in [1.54, 1.807) is 11.3 Å². The van der Waals surface area contributed by atoms with E-state index in [1.165, 1.54) is 10.4 Å². The zero-order valence-electron chi connectivity index (χ0n) is 12.1. The summed E-state index contributed by atoms with van der Waals surface area (Å²) in [7, 11) is 0. The minimum Gasteiger partial charge on any atom is -0.378 e. The zero-order chi connectivity index (χ0) is 14.5. The lowest BCUT2D eigenvalue weighted by Crippen LogP contribution is -2.09. The fraction of sp³-hybridized carbons (Fsp3) is 0.312. The summed E-state index contributed by atoms with van der Waals surface area (Å²) in [6.45, 7) is 6.13. The predicted octanol–water partition coefficient (Wildman–Crippen LogP) is 4.58. The lowest BCUT2D eigenvalue weighted by molar-refractivity contribution is -0.115. The second-order valence-corrected chi connectivity index (χ2v) is 5.76. The van der Waals surface area contributed by atoms with Gasteiger partial charge in [0, 0.05) is 22.7 Å². The first-order valence-electron chi connectivity index (χ1n) is 6.80. The van der Waals surface area contributed by atoms with Crippen LogP contribution in [0.3, 0.4) is 0 Å². The van der Waals surface area contributed by atoms with Gasteiger partial charge in [-0.25, -0.2) is 0 Å². The van der Waals surface area contributed by atoms with Gasteiger partial charge in [-0.05, 0) is 55.1 Å². The molecule has 1 aromatic heterocycles. The Labute approximate surface area is 124 Å². The summed E-state index contributed by atoms with van der Waals surface area (Å²) >= 11 is 1.77. The number of aryl methyl sites for hydroxylation is 1.